The van der Waals surface area contributed by atoms with E-state index in [0.29, 0.717) is 17.3 Å². The number of aromatic nitrogens is 2. The van der Waals surface area contributed by atoms with Crippen molar-refractivity contribution in [2.75, 3.05) is 0 Å². The molecule has 1 amide bonds. The average molecular weight is 312 g/mol. The molecule has 0 bridgehead atoms. The van der Waals surface area contributed by atoms with Crippen LogP contribution >= 0.6 is 11.6 Å². The number of hydrogen-bond acceptors (Lipinski definition) is 2. The predicted octanol–water partition coefficient (Wildman–Crippen LogP) is 3.46. The summed E-state index contributed by atoms with van der Waals surface area (Å²) in [6, 6.07) is 14.8. The Morgan fingerprint density at radius 1 is 1.14 bits per heavy atom. The quantitative estimate of drug-likeness (QED) is 0.802. The minimum Gasteiger partial charge on any atom is -0.347 e. The molecule has 110 valence electrons. The molecule has 3 rings (SSSR count). The second-order valence-corrected chi connectivity index (χ2v) is 5.22. The number of amides is 1. The highest BCUT2D eigenvalue weighted by Gasteiger charge is 2.11. The lowest BCUT2D eigenvalue weighted by Crippen LogP contribution is -2.25. The molecule has 4 nitrogen and oxygen atoms in total. The molecule has 0 unspecified atom stereocenters. The first-order valence-corrected chi connectivity index (χ1v) is 7.22. The number of carbonyl (C=O) groups excluding carboxylic acids is 1. The lowest BCUT2D eigenvalue weighted by Gasteiger charge is -2.09. The largest absolute Gasteiger partial charge is 0.347 e. The second kappa shape index (κ2) is 6.45. The van der Waals surface area contributed by atoms with Gasteiger partial charge in [-0.05, 0) is 42.0 Å². The first-order chi connectivity index (χ1) is 10.7. The second-order valence-electron chi connectivity index (χ2n) is 4.78. The van der Waals surface area contributed by atoms with Gasteiger partial charge in [-0.3, -0.25) is 9.78 Å². The fraction of sp³-hybridized carbons (Fsp3) is 0.0588. The number of benzene rings is 1. The molecule has 0 atom stereocenters. The van der Waals surface area contributed by atoms with Crippen LogP contribution in [0, 0.1) is 0 Å². The summed E-state index contributed by atoms with van der Waals surface area (Å²) in [7, 11) is 0. The molecule has 0 saturated heterocycles. The van der Waals surface area contributed by atoms with Crippen LogP contribution in [0.25, 0.3) is 5.69 Å². The number of rotatable bonds is 4. The van der Waals surface area contributed by atoms with Gasteiger partial charge in [0.2, 0.25) is 0 Å². The van der Waals surface area contributed by atoms with Gasteiger partial charge in [0, 0.05) is 24.0 Å². The standard InChI is InChI=1S/C17H14ClN3O/c18-14-7-5-13(6-8-14)11-20-17(22)16-4-2-10-21(16)15-3-1-9-19-12-15/h1-10,12H,11H2,(H,20,22). The molecule has 0 fully saturated rings. The Kier molecular flexibility index (Phi) is 4.21. The zero-order valence-electron chi connectivity index (χ0n) is 11.7. The molecule has 0 radical (unpaired) electrons. The van der Waals surface area contributed by atoms with E-state index in [9.17, 15) is 4.79 Å². The average Bonchev–Trinajstić information content (AvgIpc) is 3.04. The van der Waals surface area contributed by atoms with E-state index in [0.717, 1.165) is 11.3 Å². The van der Waals surface area contributed by atoms with Gasteiger partial charge < -0.3 is 9.88 Å². The van der Waals surface area contributed by atoms with Crippen LogP contribution in [0.5, 0.6) is 0 Å². The van der Waals surface area contributed by atoms with Crippen LogP contribution in [0.1, 0.15) is 16.1 Å². The molecule has 0 saturated carbocycles. The van der Waals surface area contributed by atoms with Crippen molar-refractivity contribution in [1.82, 2.24) is 14.9 Å². The van der Waals surface area contributed by atoms with Crippen molar-refractivity contribution in [3.05, 3.63) is 83.4 Å². The Morgan fingerprint density at radius 2 is 1.95 bits per heavy atom. The molecule has 1 N–H and O–H groups in total. The highest BCUT2D eigenvalue weighted by Crippen LogP contribution is 2.12. The molecular weight excluding hydrogens is 298 g/mol. The summed E-state index contributed by atoms with van der Waals surface area (Å²) < 4.78 is 1.81. The molecule has 0 aliphatic heterocycles. The summed E-state index contributed by atoms with van der Waals surface area (Å²) in [5, 5.41) is 3.59. The topological polar surface area (TPSA) is 46.9 Å². The van der Waals surface area contributed by atoms with Crippen molar-refractivity contribution in [3.63, 3.8) is 0 Å². The number of hydrogen-bond donors (Lipinski definition) is 1. The molecule has 0 aliphatic carbocycles. The fourth-order valence-corrected chi connectivity index (χ4v) is 2.29. The van der Waals surface area contributed by atoms with E-state index >= 15 is 0 Å². The normalized spacial score (nSPS) is 10.4. The molecule has 22 heavy (non-hydrogen) atoms. The van der Waals surface area contributed by atoms with Gasteiger partial charge in [0.25, 0.3) is 5.91 Å². The molecule has 0 aliphatic rings. The fourth-order valence-electron chi connectivity index (χ4n) is 2.16. The van der Waals surface area contributed by atoms with Crippen molar-refractivity contribution < 1.29 is 4.79 Å². The van der Waals surface area contributed by atoms with Gasteiger partial charge in [0.15, 0.2) is 0 Å². The van der Waals surface area contributed by atoms with Gasteiger partial charge >= 0.3 is 0 Å². The number of pyridine rings is 1. The van der Waals surface area contributed by atoms with Gasteiger partial charge in [-0.2, -0.15) is 0 Å². The molecule has 5 heteroatoms. The van der Waals surface area contributed by atoms with Gasteiger partial charge in [-0.1, -0.05) is 23.7 Å². The first kappa shape index (κ1) is 14.4. The summed E-state index contributed by atoms with van der Waals surface area (Å²) >= 11 is 5.85. The van der Waals surface area contributed by atoms with E-state index in [4.69, 9.17) is 11.6 Å². The minimum absolute atomic E-state index is 0.135. The van der Waals surface area contributed by atoms with Crippen LogP contribution in [0.15, 0.2) is 67.1 Å². The maximum atomic E-state index is 12.4. The maximum Gasteiger partial charge on any atom is 0.268 e. The lowest BCUT2D eigenvalue weighted by molar-refractivity contribution is 0.0944. The van der Waals surface area contributed by atoms with Crippen LogP contribution in [0.2, 0.25) is 5.02 Å². The van der Waals surface area contributed by atoms with Crippen molar-refractivity contribution >= 4 is 17.5 Å². The van der Waals surface area contributed by atoms with Crippen LogP contribution < -0.4 is 5.32 Å². The Bertz CT molecular complexity index is 766. The number of carbonyl (C=O) groups is 1. The zero-order chi connectivity index (χ0) is 15.4. The van der Waals surface area contributed by atoms with E-state index in [1.54, 1.807) is 30.6 Å². The Labute approximate surface area is 133 Å². The van der Waals surface area contributed by atoms with E-state index in [2.05, 4.69) is 10.3 Å². The smallest absolute Gasteiger partial charge is 0.268 e. The van der Waals surface area contributed by atoms with E-state index in [-0.39, 0.29) is 5.91 Å². The highest BCUT2D eigenvalue weighted by molar-refractivity contribution is 6.30. The van der Waals surface area contributed by atoms with Crippen LogP contribution in [-0.4, -0.2) is 15.5 Å². The maximum absolute atomic E-state index is 12.4. The van der Waals surface area contributed by atoms with Gasteiger partial charge in [-0.15, -0.1) is 0 Å². The minimum atomic E-state index is -0.135. The SMILES string of the molecule is O=C(NCc1ccc(Cl)cc1)c1cccn1-c1cccnc1. The van der Waals surface area contributed by atoms with Crippen molar-refractivity contribution in [1.29, 1.82) is 0 Å². The molecule has 1 aromatic carbocycles. The van der Waals surface area contributed by atoms with Crippen LogP contribution in [-0.2, 0) is 6.54 Å². The van der Waals surface area contributed by atoms with E-state index in [1.807, 2.05) is 41.1 Å². The van der Waals surface area contributed by atoms with Gasteiger partial charge in [0.05, 0.1) is 11.9 Å². The third kappa shape index (κ3) is 3.18. The Morgan fingerprint density at radius 3 is 2.68 bits per heavy atom. The number of halogens is 1. The van der Waals surface area contributed by atoms with Crippen LogP contribution in [0.3, 0.4) is 0 Å². The molecule has 2 heterocycles. The Balaban J connectivity index is 1.73. The number of nitrogens with one attached hydrogen (secondary N) is 1. The Hall–Kier alpha value is -2.59. The molecule has 3 aromatic rings. The third-order valence-corrected chi connectivity index (χ3v) is 3.52. The zero-order valence-corrected chi connectivity index (χ0v) is 12.5. The first-order valence-electron chi connectivity index (χ1n) is 6.84. The summed E-state index contributed by atoms with van der Waals surface area (Å²) in [6.45, 7) is 0.453. The van der Waals surface area contributed by atoms with Crippen molar-refractivity contribution in [3.8, 4) is 5.69 Å². The molecular formula is C17H14ClN3O. The highest BCUT2D eigenvalue weighted by atomic mass is 35.5. The summed E-state index contributed by atoms with van der Waals surface area (Å²) in [6.07, 6.45) is 5.26. The monoisotopic (exact) mass is 311 g/mol. The van der Waals surface area contributed by atoms with E-state index < -0.39 is 0 Å². The van der Waals surface area contributed by atoms with Gasteiger partial charge in [-0.25, -0.2) is 0 Å². The lowest BCUT2D eigenvalue weighted by atomic mass is 10.2. The van der Waals surface area contributed by atoms with E-state index in [1.165, 1.54) is 0 Å². The van der Waals surface area contributed by atoms with Crippen LogP contribution in [0.4, 0.5) is 0 Å². The van der Waals surface area contributed by atoms with Gasteiger partial charge in [0.1, 0.15) is 5.69 Å². The van der Waals surface area contributed by atoms with Crippen molar-refractivity contribution in [2.24, 2.45) is 0 Å². The summed E-state index contributed by atoms with van der Waals surface area (Å²) in [4.78, 5) is 16.4. The number of nitrogens with zero attached hydrogens (tertiary/aromatic N) is 2. The molecule has 2 aromatic heterocycles. The summed E-state index contributed by atoms with van der Waals surface area (Å²) in [5.41, 5.74) is 2.42. The van der Waals surface area contributed by atoms with Crippen molar-refractivity contribution in [2.45, 2.75) is 6.54 Å². The third-order valence-electron chi connectivity index (χ3n) is 3.27. The molecule has 0 spiro atoms. The predicted molar refractivity (Wildman–Crippen MR) is 86.2 cm³/mol. The summed E-state index contributed by atoms with van der Waals surface area (Å²) in [5.74, 6) is -0.135.